The number of aliphatic imine (C=N–C) groups is 1. The molecule has 44 heavy (non-hydrogen) atoms. The van der Waals surface area contributed by atoms with E-state index in [1.54, 1.807) is 12.4 Å². The summed E-state index contributed by atoms with van der Waals surface area (Å²) in [6.07, 6.45) is 4.02. The van der Waals surface area contributed by atoms with Crippen molar-refractivity contribution in [2.24, 2.45) is 22.2 Å². The second-order valence-electron chi connectivity index (χ2n) is 10.4. The first-order valence-corrected chi connectivity index (χ1v) is 14.1. The van der Waals surface area contributed by atoms with Crippen LogP contribution in [-0.2, 0) is 32.0 Å². The number of amides is 3. The maximum atomic E-state index is 13.7. The summed E-state index contributed by atoms with van der Waals surface area (Å²) in [5, 5.41) is 19.6. The molecule has 0 aliphatic heterocycles. The Morgan fingerprint density at radius 1 is 0.773 bits per heavy atom. The maximum Gasteiger partial charge on any atom is 0.326 e. The molecule has 3 amide bonds. The van der Waals surface area contributed by atoms with Gasteiger partial charge in [-0.3, -0.25) is 19.4 Å². The number of nitrogens with two attached hydrogens (primary N) is 3. The molecule has 0 aliphatic carbocycles. The Balaban J connectivity index is 1.57. The molecule has 3 unspecified atom stereocenters. The molecule has 4 rings (SSSR count). The number of benzene rings is 2. The lowest BCUT2D eigenvalue weighted by atomic mass is 10.0. The van der Waals surface area contributed by atoms with E-state index >= 15 is 0 Å². The Morgan fingerprint density at radius 2 is 1.30 bits per heavy atom. The Morgan fingerprint density at radius 3 is 1.84 bits per heavy atom. The summed E-state index contributed by atoms with van der Waals surface area (Å²) >= 11 is 0. The van der Waals surface area contributed by atoms with E-state index in [9.17, 15) is 24.3 Å². The minimum atomic E-state index is -1.28. The van der Waals surface area contributed by atoms with Gasteiger partial charge in [0.2, 0.25) is 17.7 Å². The number of guanidine groups is 1. The van der Waals surface area contributed by atoms with E-state index in [0.717, 1.165) is 32.9 Å². The second-order valence-corrected chi connectivity index (χ2v) is 10.4. The zero-order valence-electron chi connectivity index (χ0n) is 24.0. The molecule has 14 heteroatoms. The van der Waals surface area contributed by atoms with Crippen LogP contribution in [-0.4, -0.2) is 75.9 Å². The predicted molar refractivity (Wildman–Crippen MR) is 166 cm³/mol. The number of hydrogen-bond donors (Lipinski definition) is 9. The first-order valence-electron chi connectivity index (χ1n) is 14.1. The van der Waals surface area contributed by atoms with Gasteiger partial charge in [-0.25, -0.2) is 4.79 Å². The van der Waals surface area contributed by atoms with E-state index in [-0.39, 0.29) is 38.3 Å². The number of carboxylic acids is 1. The molecule has 0 fully saturated rings. The van der Waals surface area contributed by atoms with Crippen molar-refractivity contribution in [2.75, 3.05) is 13.1 Å². The van der Waals surface area contributed by atoms with Gasteiger partial charge in [-0.1, -0.05) is 36.4 Å². The van der Waals surface area contributed by atoms with Crippen molar-refractivity contribution in [3.05, 3.63) is 72.1 Å². The molecule has 232 valence electrons. The fourth-order valence-electron chi connectivity index (χ4n) is 5.02. The number of aromatic nitrogens is 2. The lowest BCUT2D eigenvalue weighted by Crippen LogP contribution is -2.57. The highest BCUT2D eigenvalue weighted by molar-refractivity contribution is 5.95. The standard InChI is InChI=1S/C30H37N9O5/c31-14-26(40)37-23(10-5-11-34-30(32)33)27(41)38-24(12-17-15-35-21-8-3-1-6-19(17)21)28(42)39-25(29(43)44)13-18-16-36-22-9-4-2-7-20(18)22/h1-4,6-9,15-16,23-25,35-36H,5,10-14,31H2,(H,37,40)(H,38,41)(H,39,42)(H,43,44)(H4,32,33,34). The van der Waals surface area contributed by atoms with E-state index < -0.39 is 41.8 Å². The quantitative estimate of drug-likeness (QED) is 0.0506. The summed E-state index contributed by atoms with van der Waals surface area (Å²) in [6, 6.07) is 11.4. The normalized spacial score (nSPS) is 13.1. The lowest BCUT2D eigenvalue weighted by Gasteiger charge is -2.24. The molecule has 0 radical (unpaired) electrons. The third-order valence-corrected chi connectivity index (χ3v) is 7.23. The van der Waals surface area contributed by atoms with Gasteiger partial charge in [0, 0.05) is 53.6 Å². The molecule has 0 saturated carbocycles. The van der Waals surface area contributed by atoms with Crippen LogP contribution in [0.5, 0.6) is 0 Å². The fraction of sp³-hybridized carbons (Fsp3) is 0.300. The van der Waals surface area contributed by atoms with E-state index in [0.29, 0.717) is 6.42 Å². The van der Waals surface area contributed by atoms with Crippen molar-refractivity contribution < 1.29 is 24.3 Å². The Labute approximate surface area is 252 Å². The molecule has 2 aromatic heterocycles. The second kappa shape index (κ2) is 14.7. The lowest BCUT2D eigenvalue weighted by molar-refractivity contribution is -0.142. The highest BCUT2D eigenvalue weighted by Gasteiger charge is 2.30. The van der Waals surface area contributed by atoms with Crippen LogP contribution in [0.3, 0.4) is 0 Å². The zero-order chi connectivity index (χ0) is 31.6. The van der Waals surface area contributed by atoms with Crippen molar-refractivity contribution in [1.82, 2.24) is 25.9 Å². The van der Waals surface area contributed by atoms with Crippen molar-refractivity contribution in [3.8, 4) is 0 Å². The van der Waals surface area contributed by atoms with Crippen LogP contribution in [0.2, 0.25) is 0 Å². The molecular weight excluding hydrogens is 566 g/mol. The van der Waals surface area contributed by atoms with Gasteiger partial charge in [0.25, 0.3) is 0 Å². The molecular formula is C30H37N9O5. The molecule has 2 heterocycles. The van der Waals surface area contributed by atoms with E-state index in [1.807, 2.05) is 48.5 Å². The highest BCUT2D eigenvalue weighted by Crippen LogP contribution is 2.21. The number of H-pyrrole nitrogens is 2. The number of nitrogens with zero attached hydrogens (tertiary/aromatic N) is 1. The van der Waals surface area contributed by atoms with Crippen LogP contribution < -0.4 is 33.2 Å². The monoisotopic (exact) mass is 603 g/mol. The maximum absolute atomic E-state index is 13.7. The van der Waals surface area contributed by atoms with Crippen molar-refractivity contribution in [3.63, 3.8) is 0 Å². The molecule has 2 aromatic carbocycles. The summed E-state index contributed by atoms with van der Waals surface area (Å²) in [5.41, 5.74) is 19.3. The summed E-state index contributed by atoms with van der Waals surface area (Å²) in [5.74, 6) is -3.23. The largest absolute Gasteiger partial charge is 0.480 e. The Kier molecular flexibility index (Phi) is 10.5. The summed E-state index contributed by atoms with van der Waals surface area (Å²) in [6.45, 7) is -0.122. The average Bonchev–Trinajstić information content (AvgIpc) is 3.61. The SMILES string of the molecule is NCC(=O)NC(CCCN=C(N)N)C(=O)NC(Cc1c[nH]c2ccccc12)C(=O)NC(Cc1c[nH]c2ccccc12)C(=O)O. The van der Waals surface area contributed by atoms with Crippen LogP contribution in [0.4, 0.5) is 0 Å². The number of fused-ring (bicyclic) bond motifs is 2. The highest BCUT2D eigenvalue weighted by atomic mass is 16.4. The van der Waals surface area contributed by atoms with Crippen LogP contribution in [0, 0.1) is 0 Å². The molecule has 0 saturated heterocycles. The van der Waals surface area contributed by atoms with Gasteiger partial charge in [-0.15, -0.1) is 0 Å². The number of para-hydroxylation sites is 2. The molecule has 14 nitrogen and oxygen atoms in total. The first kappa shape index (κ1) is 31.6. The van der Waals surface area contributed by atoms with Crippen molar-refractivity contribution in [1.29, 1.82) is 0 Å². The Bertz CT molecular complexity index is 1660. The fourth-order valence-corrected chi connectivity index (χ4v) is 5.02. The van der Waals surface area contributed by atoms with E-state index in [4.69, 9.17) is 17.2 Å². The molecule has 0 bridgehead atoms. The molecule has 0 spiro atoms. The first-order chi connectivity index (χ1) is 21.2. The number of carbonyl (C=O) groups is 4. The van der Waals surface area contributed by atoms with Gasteiger partial charge in [0.15, 0.2) is 5.96 Å². The number of aliphatic carboxylic acids is 1. The number of hydrogen-bond acceptors (Lipinski definition) is 6. The van der Waals surface area contributed by atoms with Gasteiger partial charge < -0.3 is 48.2 Å². The van der Waals surface area contributed by atoms with Crippen LogP contribution in [0.15, 0.2) is 65.9 Å². The van der Waals surface area contributed by atoms with Crippen LogP contribution >= 0.6 is 0 Å². The third-order valence-electron chi connectivity index (χ3n) is 7.23. The van der Waals surface area contributed by atoms with Crippen molar-refractivity contribution >= 4 is 51.5 Å². The van der Waals surface area contributed by atoms with Crippen molar-refractivity contribution in [2.45, 2.75) is 43.8 Å². The van der Waals surface area contributed by atoms with Crippen LogP contribution in [0.1, 0.15) is 24.0 Å². The molecule has 0 aliphatic rings. The molecule has 12 N–H and O–H groups in total. The van der Waals surface area contributed by atoms with Gasteiger partial charge in [-0.2, -0.15) is 0 Å². The molecule has 3 atom stereocenters. The number of rotatable bonds is 15. The minimum Gasteiger partial charge on any atom is -0.480 e. The topological polar surface area (TPSA) is 247 Å². The van der Waals surface area contributed by atoms with Gasteiger partial charge in [0.05, 0.1) is 6.54 Å². The average molecular weight is 604 g/mol. The predicted octanol–water partition coefficient (Wildman–Crippen LogP) is -0.0143. The number of carbonyl (C=O) groups excluding carboxylic acids is 3. The van der Waals surface area contributed by atoms with E-state index in [2.05, 4.69) is 30.9 Å². The summed E-state index contributed by atoms with van der Waals surface area (Å²) in [4.78, 5) is 61.8. The Hall–Kier alpha value is -5.37. The minimum absolute atomic E-state index is 0.0127. The third kappa shape index (κ3) is 8.13. The van der Waals surface area contributed by atoms with Gasteiger partial charge in [0.1, 0.15) is 18.1 Å². The smallest absolute Gasteiger partial charge is 0.326 e. The molecule has 4 aromatic rings. The van der Waals surface area contributed by atoms with E-state index in [1.165, 1.54) is 0 Å². The number of carboxylic acid groups (broad SMARTS) is 1. The van der Waals surface area contributed by atoms with Gasteiger partial charge >= 0.3 is 5.97 Å². The number of aromatic amines is 2. The zero-order valence-corrected chi connectivity index (χ0v) is 24.0. The van der Waals surface area contributed by atoms with Gasteiger partial charge in [-0.05, 0) is 36.1 Å². The number of nitrogens with one attached hydrogen (secondary N) is 5. The van der Waals surface area contributed by atoms with Crippen LogP contribution in [0.25, 0.3) is 21.8 Å². The summed E-state index contributed by atoms with van der Waals surface area (Å²) in [7, 11) is 0. The summed E-state index contributed by atoms with van der Waals surface area (Å²) < 4.78 is 0.